The predicted octanol–water partition coefficient (Wildman–Crippen LogP) is 7.02. The van der Waals surface area contributed by atoms with Gasteiger partial charge in [-0.2, -0.15) is 0 Å². The molecule has 0 unspecified atom stereocenters. The van der Waals surface area contributed by atoms with Crippen molar-refractivity contribution < 1.29 is 44.9 Å². The van der Waals surface area contributed by atoms with Gasteiger partial charge < -0.3 is 45.4 Å². The molecule has 10 nitrogen and oxygen atoms in total. The van der Waals surface area contributed by atoms with Crippen molar-refractivity contribution in [1.82, 2.24) is 5.32 Å². The van der Waals surface area contributed by atoms with Gasteiger partial charge in [0.2, 0.25) is 5.91 Å². The highest BCUT2D eigenvalue weighted by Crippen LogP contribution is 2.23. The lowest BCUT2D eigenvalue weighted by Gasteiger charge is -2.40. The summed E-state index contributed by atoms with van der Waals surface area (Å²) in [6.45, 7) is 10.3. The van der Waals surface area contributed by atoms with Crippen LogP contribution in [0.1, 0.15) is 169 Å². The van der Waals surface area contributed by atoms with E-state index < -0.39 is 61.5 Å². The average molecular weight is 756 g/mol. The number of ether oxygens (including phenoxy) is 2. The minimum Gasteiger partial charge on any atom is -0.394 e. The summed E-state index contributed by atoms with van der Waals surface area (Å²) in [6, 6.07) is -0.996. The molecule has 1 saturated heterocycles. The van der Waals surface area contributed by atoms with Gasteiger partial charge in [-0.15, -0.1) is 0 Å². The highest BCUT2D eigenvalue weighted by molar-refractivity contribution is 5.80. The minimum atomic E-state index is -1.61. The van der Waals surface area contributed by atoms with Gasteiger partial charge in [0.15, 0.2) is 6.29 Å². The smallest absolute Gasteiger partial charge is 0.249 e. The van der Waals surface area contributed by atoms with Crippen LogP contribution in [0, 0.1) is 11.8 Å². The first-order valence-electron chi connectivity index (χ1n) is 21.3. The molecule has 0 spiro atoms. The third-order valence-corrected chi connectivity index (χ3v) is 10.4. The highest BCUT2D eigenvalue weighted by atomic mass is 16.7. The monoisotopic (exact) mass is 756 g/mol. The Hall–Kier alpha value is -1.37. The van der Waals surface area contributed by atoms with Gasteiger partial charge in [-0.1, -0.05) is 154 Å². The Morgan fingerprint density at radius 1 is 0.717 bits per heavy atom. The molecule has 10 heteroatoms. The molecule has 0 aromatic rings. The fourth-order valence-electron chi connectivity index (χ4n) is 6.73. The number of carbonyl (C=O) groups excluding carboxylic acids is 1. The first-order valence-corrected chi connectivity index (χ1v) is 21.3. The van der Waals surface area contributed by atoms with Crippen molar-refractivity contribution >= 4 is 5.91 Å². The summed E-state index contributed by atoms with van der Waals surface area (Å²) in [5.74, 6) is 0.937. The lowest BCUT2D eigenvalue weighted by Crippen LogP contribution is -2.60. The number of aliphatic hydroxyl groups excluding tert-OH is 6. The van der Waals surface area contributed by atoms with Crippen LogP contribution in [0.25, 0.3) is 0 Å². The standard InChI is InChI=1S/C43H81NO9/c1-32(2)24-18-13-10-8-6-7-9-11-16-22-29-37(47)42(51)44-35(31-52-43-41(50)40(49)39(48)38(30-45)53-43)36(46)28-23-17-21-27-34(5)26-20-15-12-14-19-25-33(3)4/h23,27-28,32-33,35-41,43,45-50H,6-22,24-26,29-31H2,1-5H3,(H,44,51)/b28-23+,34-27+/t35-,36+,37+,38-,39+,40+,41-,43-/m0/s1. The van der Waals surface area contributed by atoms with E-state index in [1.54, 1.807) is 6.08 Å². The Labute approximate surface area is 322 Å². The van der Waals surface area contributed by atoms with Crippen molar-refractivity contribution in [1.29, 1.82) is 0 Å². The van der Waals surface area contributed by atoms with Gasteiger partial charge in [0, 0.05) is 0 Å². The summed E-state index contributed by atoms with van der Waals surface area (Å²) in [5, 5.41) is 64.6. The quantitative estimate of drug-likeness (QED) is 0.0282. The number of carbonyl (C=O) groups is 1. The van der Waals surface area contributed by atoms with Gasteiger partial charge in [0.1, 0.15) is 30.5 Å². The number of aliphatic hydroxyl groups is 6. The first kappa shape index (κ1) is 49.6. The van der Waals surface area contributed by atoms with Crippen molar-refractivity contribution in [3.63, 3.8) is 0 Å². The number of amides is 1. The summed E-state index contributed by atoms with van der Waals surface area (Å²) in [4.78, 5) is 13.0. The second-order valence-electron chi connectivity index (χ2n) is 16.4. The Morgan fingerprint density at radius 3 is 1.75 bits per heavy atom. The van der Waals surface area contributed by atoms with E-state index in [2.05, 4.69) is 46.0 Å². The number of hydrogen-bond donors (Lipinski definition) is 7. The maximum Gasteiger partial charge on any atom is 0.249 e. The fourth-order valence-corrected chi connectivity index (χ4v) is 6.73. The van der Waals surface area contributed by atoms with Crippen molar-refractivity contribution in [2.24, 2.45) is 11.8 Å². The van der Waals surface area contributed by atoms with Crippen molar-refractivity contribution in [2.45, 2.75) is 218 Å². The van der Waals surface area contributed by atoms with E-state index in [0.717, 1.165) is 43.9 Å². The molecule has 1 fully saturated rings. The largest absolute Gasteiger partial charge is 0.394 e. The summed E-state index contributed by atoms with van der Waals surface area (Å²) in [7, 11) is 0. The molecule has 0 bridgehead atoms. The Bertz CT molecular complexity index is 956. The van der Waals surface area contributed by atoms with Crippen LogP contribution >= 0.6 is 0 Å². The van der Waals surface area contributed by atoms with Crippen molar-refractivity contribution in [3.8, 4) is 0 Å². The Morgan fingerprint density at radius 2 is 1.23 bits per heavy atom. The van der Waals surface area contributed by atoms with Crippen molar-refractivity contribution in [2.75, 3.05) is 13.2 Å². The molecule has 312 valence electrons. The molecule has 1 amide bonds. The molecule has 0 radical (unpaired) electrons. The SMILES string of the molecule is C/C(=C\CC/C=C/[C@@H](O)[C@H](CO[C@H]1O[C@@H](CO)[C@@H](O)[C@@H](O)[C@@H]1O)NC(=O)[C@H](O)CCCCCCCCCCCCC(C)C)CCCCCCCC(C)C. The van der Waals surface area contributed by atoms with E-state index in [1.807, 2.05) is 6.08 Å². The third-order valence-electron chi connectivity index (χ3n) is 10.4. The van der Waals surface area contributed by atoms with Crippen molar-refractivity contribution in [3.05, 3.63) is 23.8 Å². The molecule has 0 aromatic heterocycles. The van der Waals surface area contributed by atoms with E-state index in [-0.39, 0.29) is 6.61 Å². The molecular formula is C43H81NO9. The molecule has 7 N–H and O–H groups in total. The summed E-state index contributed by atoms with van der Waals surface area (Å²) >= 11 is 0. The summed E-state index contributed by atoms with van der Waals surface area (Å²) < 4.78 is 11.1. The van der Waals surface area contributed by atoms with Gasteiger partial charge in [-0.05, 0) is 50.9 Å². The molecule has 53 heavy (non-hydrogen) atoms. The fraction of sp³-hybridized carbons (Fsp3) is 0.884. The van der Waals surface area contributed by atoms with Crippen LogP contribution in [0.3, 0.4) is 0 Å². The topological polar surface area (TPSA) is 169 Å². The maximum atomic E-state index is 13.0. The molecule has 0 aliphatic carbocycles. The van der Waals surface area contributed by atoms with Crippen LogP contribution in [-0.4, -0.2) is 98.7 Å². The normalized spacial score (nSPS) is 22.9. The van der Waals surface area contributed by atoms with Crippen LogP contribution < -0.4 is 5.32 Å². The predicted molar refractivity (Wildman–Crippen MR) is 213 cm³/mol. The molecule has 1 aliphatic rings. The lowest BCUT2D eigenvalue weighted by atomic mass is 9.99. The minimum absolute atomic E-state index is 0.303. The zero-order valence-corrected chi connectivity index (χ0v) is 34.2. The van der Waals surface area contributed by atoms with Crippen LogP contribution in [0.2, 0.25) is 0 Å². The second kappa shape index (κ2) is 30.8. The van der Waals surface area contributed by atoms with E-state index >= 15 is 0 Å². The number of allylic oxidation sites excluding steroid dienone is 3. The molecule has 1 aliphatic heterocycles. The van der Waals surface area contributed by atoms with E-state index in [9.17, 15) is 35.4 Å². The first-order chi connectivity index (χ1) is 25.4. The molecular weight excluding hydrogens is 674 g/mol. The van der Waals surface area contributed by atoms with Crippen LogP contribution in [0.15, 0.2) is 23.8 Å². The maximum absolute atomic E-state index is 13.0. The van der Waals surface area contributed by atoms with Crippen LogP contribution in [-0.2, 0) is 14.3 Å². The molecule has 0 aromatic carbocycles. The number of hydrogen-bond acceptors (Lipinski definition) is 9. The Balaban J connectivity index is 2.57. The lowest BCUT2D eigenvalue weighted by molar-refractivity contribution is -0.302. The van der Waals surface area contributed by atoms with Crippen LogP contribution in [0.4, 0.5) is 0 Å². The number of rotatable bonds is 32. The van der Waals surface area contributed by atoms with Gasteiger partial charge in [0.25, 0.3) is 0 Å². The zero-order valence-electron chi connectivity index (χ0n) is 34.2. The zero-order chi connectivity index (χ0) is 39.4. The average Bonchev–Trinajstić information content (AvgIpc) is 3.12. The molecule has 8 atom stereocenters. The van der Waals surface area contributed by atoms with Gasteiger partial charge in [-0.3, -0.25) is 4.79 Å². The van der Waals surface area contributed by atoms with Crippen LogP contribution in [0.5, 0.6) is 0 Å². The second-order valence-corrected chi connectivity index (χ2v) is 16.4. The van der Waals surface area contributed by atoms with E-state index in [1.165, 1.54) is 89.0 Å². The third kappa shape index (κ3) is 24.0. The molecule has 1 rings (SSSR count). The van der Waals surface area contributed by atoms with Gasteiger partial charge >= 0.3 is 0 Å². The summed E-state index contributed by atoms with van der Waals surface area (Å²) in [6.07, 6.45) is 19.3. The molecule has 0 saturated carbocycles. The number of nitrogens with one attached hydrogen (secondary N) is 1. The number of unbranched alkanes of at least 4 members (excludes halogenated alkanes) is 14. The summed E-state index contributed by atoms with van der Waals surface area (Å²) in [5.41, 5.74) is 1.36. The highest BCUT2D eigenvalue weighted by Gasteiger charge is 2.44. The van der Waals surface area contributed by atoms with Gasteiger partial charge in [-0.25, -0.2) is 0 Å². The van der Waals surface area contributed by atoms with E-state index in [4.69, 9.17) is 9.47 Å². The van der Waals surface area contributed by atoms with E-state index in [0.29, 0.717) is 19.3 Å². The Kier molecular flexibility index (Phi) is 28.9. The van der Waals surface area contributed by atoms with Gasteiger partial charge in [0.05, 0.1) is 25.4 Å². The molecule has 1 heterocycles.